The number of carboxylic acid groups (broad SMARTS) is 1. The van der Waals surface area contributed by atoms with E-state index in [0.29, 0.717) is 31.6 Å². The highest BCUT2D eigenvalue weighted by atomic mass is 79.9. The van der Waals surface area contributed by atoms with Crippen molar-refractivity contribution in [2.75, 3.05) is 13.7 Å². The van der Waals surface area contributed by atoms with Gasteiger partial charge in [0.05, 0.1) is 28.0 Å². The normalized spacial score (nSPS) is 10.8. The maximum atomic E-state index is 11.7. The molecule has 6 nitrogen and oxygen atoms in total. The van der Waals surface area contributed by atoms with E-state index >= 15 is 0 Å². The van der Waals surface area contributed by atoms with E-state index in [4.69, 9.17) is 37.8 Å². The summed E-state index contributed by atoms with van der Waals surface area (Å²) in [4.78, 5) is 22.2. The van der Waals surface area contributed by atoms with E-state index in [1.54, 1.807) is 30.3 Å². The minimum absolute atomic E-state index is 0.0625. The smallest absolute Gasteiger partial charge is 0.305 e. The Morgan fingerprint density at radius 1 is 1.21 bits per heavy atom. The standard InChI is InChI=1S/C20H18BrCl2NO5/c1-28-17-10-12(3-5-18(25)24-7-6-19(26)27)8-14(21)20(17)29-11-13-2-4-15(22)16(23)9-13/h2-5,8-10H,6-7,11H2,1H3,(H,24,25)(H,26,27)/b5-3+. The number of amides is 1. The molecule has 0 aromatic heterocycles. The molecule has 2 aromatic rings. The van der Waals surface area contributed by atoms with Gasteiger partial charge in [0.15, 0.2) is 11.5 Å². The first-order valence-electron chi connectivity index (χ1n) is 8.42. The quantitative estimate of drug-likeness (QED) is 0.474. The Morgan fingerprint density at radius 3 is 2.62 bits per heavy atom. The van der Waals surface area contributed by atoms with Crippen LogP contribution in [0.1, 0.15) is 17.5 Å². The maximum absolute atomic E-state index is 11.7. The summed E-state index contributed by atoms with van der Waals surface area (Å²) in [5.74, 6) is -0.382. The Kier molecular flexibility index (Phi) is 8.82. The average Bonchev–Trinajstić information content (AvgIpc) is 2.67. The van der Waals surface area contributed by atoms with E-state index in [0.717, 1.165) is 5.56 Å². The molecule has 0 bridgehead atoms. The van der Waals surface area contributed by atoms with Crippen molar-refractivity contribution in [3.8, 4) is 11.5 Å². The molecule has 0 fully saturated rings. The molecule has 0 saturated carbocycles. The van der Waals surface area contributed by atoms with Crippen molar-refractivity contribution < 1.29 is 24.2 Å². The van der Waals surface area contributed by atoms with Crippen LogP contribution in [0.4, 0.5) is 0 Å². The number of halogens is 3. The van der Waals surface area contributed by atoms with Crippen molar-refractivity contribution in [1.29, 1.82) is 0 Å². The zero-order valence-electron chi connectivity index (χ0n) is 15.4. The van der Waals surface area contributed by atoms with Gasteiger partial charge in [-0.15, -0.1) is 0 Å². The van der Waals surface area contributed by atoms with Gasteiger partial charge in [0.2, 0.25) is 5.91 Å². The third-order valence-corrected chi connectivity index (χ3v) is 5.01. The number of hydrogen-bond donors (Lipinski definition) is 2. The van der Waals surface area contributed by atoms with Crippen molar-refractivity contribution in [3.05, 3.63) is 62.1 Å². The summed E-state index contributed by atoms with van der Waals surface area (Å²) in [7, 11) is 1.51. The molecule has 0 radical (unpaired) electrons. The first-order chi connectivity index (χ1) is 13.8. The second-order valence-electron chi connectivity index (χ2n) is 5.84. The molecule has 0 aliphatic carbocycles. The summed E-state index contributed by atoms with van der Waals surface area (Å²) in [5.41, 5.74) is 1.54. The lowest BCUT2D eigenvalue weighted by Crippen LogP contribution is -2.23. The first-order valence-corrected chi connectivity index (χ1v) is 9.97. The summed E-state index contributed by atoms with van der Waals surface area (Å²) >= 11 is 15.4. The Hall–Kier alpha value is -2.22. The summed E-state index contributed by atoms with van der Waals surface area (Å²) < 4.78 is 11.9. The molecule has 0 aliphatic heterocycles. The van der Waals surface area contributed by atoms with Crippen molar-refractivity contribution in [2.45, 2.75) is 13.0 Å². The number of nitrogens with one attached hydrogen (secondary N) is 1. The minimum Gasteiger partial charge on any atom is -0.493 e. The van der Waals surface area contributed by atoms with Gasteiger partial charge in [0, 0.05) is 12.6 Å². The van der Waals surface area contributed by atoms with Crippen LogP contribution in [-0.4, -0.2) is 30.6 Å². The number of hydrogen-bond acceptors (Lipinski definition) is 4. The monoisotopic (exact) mass is 501 g/mol. The van der Waals surface area contributed by atoms with Gasteiger partial charge < -0.3 is 19.9 Å². The number of ether oxygens (including phenoxy) is 2. The van der Waals surface area contributed by atoms with Crippen molar-refractivity contribution in [1.82, 2.24) is 5.32 Å². The van der Waals surface area contributed by atoms with E-state index in [2.05, 4.69) is 21.2 Å². The molecular weight excluding hydrogens is 485 g/mol. The second-order valence-corrected chi connectivity index (χ2v) is 7.51. The highest BCUT2D eigenvalue weighted by molar-refractivity contribution is 9.10. The average molecular weight is 503 g/mol. The number of rotatable bonds is 9. The van der Waals surface area contributed by atoms with Crippen molar-refractivity contribution in [2.24, 2.45) is 0 Å². The highest BCUT2D eigenvalue weighted by Gasteiger charge is 2.12. The zero-order chi connectivity index (χ0) is 21.4. The third-order valence-electron chi connectivity index (χ3n) is 3.68. The van der Waals surface area contributed by atoms with Crippen LogP contribution in [-0.2, 0) is 16.2 Å². The number of methoxy groups -OCH3 is 1. The van der Waals surface area contributed by atoms with Crippen molar-refractivity contribution >= 4 is 57.1 Å². The fourth-order valence-corrected chi connectivity index (χ4v) is 3.18. The Labute approximate surface area is 186 Å². The van der Waals surface area contributed by atoms with Crippen LogP contribution in [0.3, 0.4) is 0 Å². The number of carbonyl (C=O) groups excluding carboxylic acids is 1. The minimum atomic E-state index is -0.973. The lowest BCUT2D eigenvalue weighted by atomic mass is 10.2. The van der Waals surface area contributed by atoms with Gasteiger partial charge in [0.1, 0.15) is 6.61 Å². The molecule has 29 heavy (non-hydrogen) atoms. The van der Waals surface area contributed by atoms with Crippen LogP contribution in [0, 0.1) is 0 Å². The van der Waals surface area contributed by atoms with Gasteiger partial charge in [-0.05, 0) is 57.4 Å². The SMILES string of the molecule is COc1cc(/C=C/C(=O)NCCC(=O)O)cc(Br)c1OCc1ccc(Cl)c(Cl)c1. The topological polar surface area (TPSA) is 84.9 Å². The molecule has 0 unspecified atom stereocenters. The molecule has 0 spiro atoms. The van der Waals surface area contributed by atoms with Crippen LogP contribution < -0.4 is 14.8 Å². The molecule has 9 heteroatoms. The van der Waals surface area contributed by atoms with Gasteiger partial charge in [-0.3, -0.25) is 9.59 Å². The Bertz CT molecular complexity index is 933. The van der Waals surface area contributed by atoms with Gasteiger partial charge >= 0.3 is 5.97 Å². The molecule has 0 atom stereocenters. The molecule has 0 aliphatic rings. The van der Waals surface area contributed by atoms with Gasteiger partial charge in [-0.2, -0.15) is 0 Å². The fourth-order valence-electron chi connectivity index (χ4n) is 2.28. The predicted octanol–water partition coefficient (Wildman–Crippen LogP) is 4.95. The second kappa shape index (κ2) is 11.1. The van der Waals surface area contributed by atoms with E-state index in [1.165, 1.54) is 13.2 Å². The van der Waals surface area contributed by atoms with E-state index in [1.807, 2.05) is 6.07 Å². The number of aliphatic carboxylic acids is 1. The molecule has 1 amide bonds. The summed E-state index contributed by atoms with van der Waals surface area (Å²) in [6.45, 7) is 0.319. The summed E-state index contributed by atoms with van der Waals surface area (Å²) in [6.07, 6.45) is 2.77. The van der Waals surface area contributed by atoms with Crippen LogP contribution in [0.25, 0.3) is 6.08 Å². The molecule has 2 N–H and O–H groups in total. The van der Waals surface area contributed by atoms with Gasteiger partial charge in [-0.1, -0.05) is 29.3 Å². The largest absolute Gasteiger partial charge is 0.493 e. The van der Waals surface area contributed by atoms with Crippen LogP contribution in [0.5, 0.6) is 11.5 Å². The lowest BCUT2D eigenvalue weighted by Gasteiger charge is -2.14. The Morgan fingerprint density at radius 2 is 1.97 bits per heavy atom. The molecule has 2 aromatic carbocycles. The lowest BCUT2D eigenvalue weighted by molar-refractivity contribution is -0.136. The molecule has 0 saturated heterocycles. The highest BCUT2D eigenvalue weighted by Crippen LogP contribution is 2.37. The number of benzene rings is 2. The van der Waals surface area contributed by atoms with Gasteiger partial charge in [0.25, 0.3) is 0 Å². The molecule has 154 valence electrons. The molecular formula is C20H18BrCl2NO5. The number of carbonyl (C=O) groups is 2. The predicted molar refractivity (Wildman–Crippen MR) is 116 cm³/mol. The van der Waals surface area contributed by atoms with E-state index in [-0.39, 0.29) is 25.5 Å². The van der Waals surface area contributed by atoms with Crippen LogP contribution in [0.2, 0.25) is 10.0 Å². The van der Waals surface area contributed by atoms with Crippen molar-refractivity contribution in [3.63, 3.8) is 0 Å². The number of carboxylic acids is 1. The Balaban J connectivity index is 2.07. The fraction of sp³-hybridized carbons (Fsp3) is 0.200. The molecule has 0 heterocycles. The van der Waals surface area contributed by atoms with E-state index in [9.17, 15) is 9.59 Å². The first kappa shape index (κ1) is 23.1. The summed E-state index contributed by atoms with van der Waals surface area (Å²) in [5, 5.41) is 12.0. The van der Waals surface area contributed by atoms with Gasteiger partial charge in [-0.25, -0.2) is 0 Å². The maximum Gasteiger partial charge on any atom is 0.305 e. The van der Waals surface area contributed by atoms with E-state index < -0.39 is 5.97 Å². The zero-order valence-corrected chi connectivity index (χ0v) is 18.5. The third kappa shape index (κ3) is 7.27. The molecule has 2 rings (SSSR count). The van der Waals surface area contributed by atoms with Crippen LogP contribution >= 0.6 is 39.1 Å². The summed E-state index contributed by atoms with van der Waals surface area (Å²) in [6, 6.07) is 8.73. The van der Waals surface area contributed by atoms with Crippen LogP contribution in [0.15, 0.2) is 40.9 Å².